The van der Waals surface area contributed by atoms with Gasteiger partial charge in [0.15, 0.2) is 0 Å². The van der Waals surface area contributed by atoms with Crippen LogP contribution in [0, 0.1) is 11.8 Å². The van der Waals surface area contributed by atoms with Crippen LogP contribution in [0.1, 0.15) is 26.2 Å². The van der Waals surface area contributed by atoms with E-state index in [0.717, 1.165) is 5.92 Å². The Kier molecular flexibility index (Phi) is 1.19. The predicted molar refractivity (Wildman–Crippen MR) is 40.6 cm³/mol. The van der Waals surface area contributed by atoms with Crippen molar-refractivity contribution in [3.05, 3.63) is 12.2 Å². The van der Waals surface area contributed by atoms with E-state index in [9.17, 15) is 5.11 Å². The summed E-state index contributed by atoms with van der Waals surface area (Å²) < 4.78 is 0. The molecule has 2 rings (SSSR count). The normalized spacial score (nSPS) is 51.8. The minimum Gasteiger partial charge on any atom is -0.386 e. The van der Waals surface area contributed by atoms with Crippen LogP contribution in [0.4, 0.5) is 0 Å². The first-order valence-corrected chi connectivity index (χ1v) is 4.10. The Morgan fingerprint density at radius 3 is 3.00 bits per heavy atom. The van der Waals surface area contributed by atoms with Crippen LogP contribution in [-0.2, 0) is 0 Å². The molecule has 1 fully saturated rings. The molecular weight excluding hydrogens is 124 g/mol. The van der Waals surface area contributed by atoms with Crippen LogP contribution >= 0.6 is 0 Å². The molecule has 0 aromatic carbocycles. The maximum atomic E-state index is 9.77. The number of hydrogen-bond acceptors (Lipinski definition) is 1. The highest BCUT2D eigenvalue weighted by atomic mass is 16.3. The third kappa shape index (κ3) is 0.807. The second-order valence-electron chi connectivity index (χ2n) is 3.85. The zero-order valence-corrected chi connectivity index (χ0v) is 6.38. The fraction of sp³-hybridized carbons (Fsp3) is 0.778. The molecule has 0 aromatic heterocycles. The summed E-state index contributed by atoms with van der Waals surface area (Å²) in [5, 5.41) is 9.77. The summed E-state index contributed by atoms with van der Waals surface area (Å²) in [6.07, 6.45) is 7.88. The second kappa shape index (κ2) is 1.85. The van der Waals surface area contributed by atoms with Gasteiger partial charge in [-0.2, -0.15) is 0 Å². The van der Waals surface area contributed by atoms with Crippen LogP contribution in [0.3, 0.4) is 0 Å². The van der Waals surface area contributed by atoms with E-state index in [1.807, 2.05) is 13.0 Å². The van der Waals surface area contributed by atoms with Gasteiger partial charge < -0.3 is 5.11 Å². The molecule has 3 atom stereocenters. The van der Waals surface area contributed by atoms with E-state index in [1.165, 1.54) is 19.3 Å². The van der Waals surface area contributed by atoms with E-state index in [4.69, 9.17) is 0 Å². The molecule has 1 heteroatoms. The van der Waals surface area contributed by atoms with Crippen LogP contribution in [0.5, 0.6) is 0 Å². The van der Waals surface area contributed by atoms with Crippen molar-refractivity contribution in [2.75, 3.05) is 0 Å². The van der Waals surface area contributed by atoms with Gasteiger partial charge in [-0.3, -0.25) is 0 Å². The predicted octanol–water partition coefficient (Wildman–Crippen LogP) is 1.72. The topological polar surface area (TPSA) is 20.2 Å². The molecule has 0 aromatic rings. The van der Waals surface area contributed by atoms with Crippen LogP contribution in [-0.4, -0.2) is 10.7 Å². The lowest BCUT2D eigenvalue weighted by Gasteiger charge is -2.29. The zero-order valence-electron chi connectivity index (χ0n) is 6.38. The molecule has 2 bridgehead atoms. The summed E-state index contributed by atoms with van der Waals surface area (Å²) in [7, 11) is 0. The number of rotatable bonds is 0. The quantitative estimate of drug-likeness (QED) is 0.505. The summed E-state index contributed by atoms with van der Waals surface area (Å²) in [6.45, 7) is 1.93. The highest BCUT2D eigenvalue weighted by Gasteiger charge is 2.38. The standard InChI is InChI=1S/C9H14O/c1-9(10)5-4-7-2-3-8(9)6-7/h4-5,7-8,10H,2-3,6H2,1H3/t7-,8+,9+/m1/s1. The third-order valence-electron chi connectivity index (χ3n) is 3.01. The Balaban J connectivity index is 2.27. The van der Waals surface area contributed by atoms with Gasteiger partial charge in [0.05, 0.1) is 5.60 Å². The van der Waals surface area contributed by atoms with Crippen LogP contribution in [0.2, 0.25) is 0 Å². The van der Waals surface area contributed by atoms with Crippen molar-refractivity contribution in [2.45, 2.75) is 31.8 Å². The van der Waals surface area contributed by atoms with Gasteiger partial charge in [0.1, 0.15) is 0 Å². The average Bonchev–Trinajstić information content (AvgIpc) is 2.26. The Morgan fingerprint density at radius 1 is 1.50 bits per heavy atom. The Bertz CT molecular complexity index is 170. The van der Waals surface area contributed by atoms with E-state index in [-0.39, 0.29) is 0 Å². The molecule has 2 aliphatic carbocycles. The van der Waals surface area contributed by atoms with Crippen molar-refractivity contribution >= 4 is 0 Å². The Labute approximate surface area is 61.8 Å². The lowest BCUT2D eigenvalue weighted by atomic mass is 9.83. The molecule has 2 aliphatic rings. The van der Waals surface area contributed by atoms with Crippen LogP contribution < -0.4 is 0 Å². The van der Waals surface area contributed by atoms with Gasteiger partial charge in [-0.25, -0.2) is 0 Å². The van der Waals surface area contributed by atoms with Crippen molar-refractivity contribution in [1.29, 1.82) is 0 Å². The highest BCUT2D eigenvalue weighted by Crippen LogP contribution is 2.42. The molecule has 1 N–H and O–H groups in total. The Hall–Kier alpha value is -0.300. The van der Waals surface area contributed by atoms with Crippen LogP contribution in [0.25, 0.3) is 0 Å². The van der Waals surface area contributed by atoms with Gasteiger partial charge >= 0.3 is 0 Å². The van der Waals surface area contributed by atoms with Gasteiger partial charge in [-0.15, -0.1) is 0 Å². The zero-order chi connectivity index (χ0) is 7.19. The van der Waals surface area contributed by atoms with Crippen molar-refractivity contribution < 1.29 is 5.11 Å². The monoisotopic (exact) mass is 138 g/mol. The first-order valence-electron chi connectivity index (χ1n) is 4.10. The molecule has 0 radical (unpaired) electrons. The Morgan fingerprint density at radius 2 is 2.30 bits per heavy atom. The fourth-order valence-electron chi connectivity index (χ4n) is 2.19. The van der Waals surface area contributed by atoms with E-state index < -0.39 is 5.60 Å². The molecule has 56 valence electrons. The maximum absolute atomic E-state index is 9.77. The highest BCUT2D eigenvalue weighted by molar-refractivity contribution is 5.12. The minimum absolute atomic E-state index is 0.493. The summed E-state index contributed by atoms with van der Waals surface area (Å²) in [5.41, 5.74) is -0.493. The van der Waals surface area contributed by atoms with Crippen molar-refractivity contribution in [1.82, 2.24) is 0 Å². The summed E-state index contributed by atoms with van der Waals surface area (Å²) in [6, 6.07) is 0. The molecule has 10 heavy (non-hydrogen) atoms. The number of hydrogen-bond donors (Lipinski definition) is 1. The SMILES string of the molecule is C[C@]1(O)C=C[C@H]2CC[C@H]1C2. The molecular formula is C9H14O. The van der Waals surface area contributed by atoms with Crippen molar-refractivity contribution in [3.8, 4) is 0 Å². The number of aliphatic hydroxyl groups is 1. The smallest absolute Gasteiger partial charge is 0.0827 e. The van der Waals surface area contributed by atoms with Gasteiger partial charge in [0.2, 0.25) is 0 Å². The largest absolute Gasteiger partial charge is 0.386 e. The molecule has 0 amide bonds. The number of fused-ring (bicyclic) bond motifs is 2. The summed E-state index contributed by atoms with van der Waals surface area (Å²) in [4.78, 5) is 0. The first kappa shape index (κ1) is 6.41. The van der Waals surface area contributed by atoms with E-state index in [1.54, 1.807) is 0 Å². The fourth-order valence-corrected chi connectivity index (χ4v) is 2.19. The van der Waals surface area contributed by atoms with Gasteiger partial charge in [-0.1, -0.05) is 12.2 Å². The minimum atomic E-state index is -0.493. The molecule has 0 aliphatic heterocycles. The molecule has 0 spiro atoms. The summed E-state index contributed by atoms with van der Waals surface area (Å²) >= 11 is 0. The molecule has 0 saturated heterocycles. The van der Waals surface area contributed by atoms with Gasteiger partial charge in [-0.05, 0) is 38.0 Å². The van der Waals surface area contributed by atoms with Crippen molar-refractivity contribution in [2.24, 2.45) is 11.8 Å². The second-order valence-corrected chi connectivity index (χ2v) is 3.85. The third-order valence-corrected chi connectivity index (χ3v) is 3.01. The van der Waals surface area contributed by atoms with Gasteiger partial charge in [0, 0.05) is 0 Å². The van der Waals surface area contributed by atoms with Gasteiger partial charge in [0.25, 0.3) is 0 Å². The molecule has 1 nitrogen and oxygen atoms in total. The first-order chi connectivity index (χ1) is 4.68. The van der Waals surface area contributed by atoms with E-state index in [2.05, 4.69) is 6.08 Å². The van der Waals surface area contributed by atoms with Crippen LogP contribution in [0.15, 0.2) is 12.2 Å². The molecule has 0 unspecified atom stereocenters. The summed E-state index contributed by atoms with van der Waals surface area (Å²) in [5.74, 6) is 1.33. The number of allylic oxidation sites excluding steroid dienone is 1. The molecule has 1 saturated carbocycles. The van der Waals surface area contributed by atoms with E-state index in [0.29, 0.717) is 5.92 Å². The average molecular weight is 138 g/mol. The lowest BCUT2D eigenvalue weighted by molar-refractivity contribution is 0.0434. The molecule has 0 heterocycles. The van der Waals surface area contributed by atoms with Crippen molar-refractivity contribution in [3.63, 3.8) is 0 Å². The van der Waals surface area contributed by atoms with E-state index >= 15 is 0 Å². The lowest BCUT2D eigenvalue weighted by Crippen LogP contribution is -2.32. The maximum Gasteiger partial charge on any atom is 0.0827 e.